The van der Waals surface area contributed by atoms with E-state index in [-0.39, 0.29) is 102 Å². The molecule has 2 N–H and O–H groups in total. The molecule has 2 unspecified atom stereocenters. The smallest absolute Gasteiger partial charge is 0.307 e. The first-order chi connectivity index (χ1) is 56.9. The number of nitrogens with zero attached hydrogens (tertiary/aromatic N) is 2. The van der Waals surface area contributed by atoms with Gasteiger partial charge in [0.15, 0.2) is 0 Å². The average molecular weight is 1640 g/mol. The third kappa shape index (κ3) is 77.0. The first kappa shape index (κ1) is 110. The lowest BCUT2D eigenvalue weighted by Gasteiger charge is -2.29. The third-order valence-electron chi connectivity index (χ3n) is 23.5. The summed E-state index contributed by atoms with van der Waals surface area (Å²) in [6, 6.07) is -1.97. The second kappa shape index (κ2) is 87.0. The summed E-state index contributed by atoms with van der Waals surface area (Å²) in [5, 5.41) is 5.42. The molecular formula is C98H184N4O14. The Morgan fingerprint density at radius 3 is 0.526 bits per heavy atom. The number of esters is 6. The summed E-state index contributed by atoms with van der Waals surface area (Å²) in [5.41, 5.74) is 0. The molecule has 116 heavy (non-hydrogen) atoms. The van der Waals surface area contributed by atoms with E-state index in [2.05, 4.69) is 38.3 Å². The highest BCUT2D eigenvalue weighted by Crippen LogP contribution is 2.21. The van der Waals surface area contributed by atoms with Crippen molar-refractivity contribution in [3.63, 3.8) is 0 Å². The number of piperazine rings is 1. The Bertz CT molecular complexity index is 2000. The standard InChI is InChI=1S/C98H184N4O14/c1-5-9-13-17-21-25-29-33-37-41-45-49-53-57-61-65-83-111-93(105)73-77-101(78-74-94(106)112-84-66-62-58-54-50-46-42-38-34-30-26-22-18-14-10-6-2)81-87-115-91(103)71-69-89-97(109)100-90(98(110)99-89)70-72-92(104)116-88-82-102(79-75-95(107)113-85-67-63-59-55-51-47-43-39-35-31-27-23-19-15-11-7-3)80-76-96(108)114-86-68-64-60-56-52-48-44-40-36-32-28-24-20-16-12-8-4/h89-90H,5-88H2,1-4H3,(H,99,110)(H,100,109). The van der Waals surface area contributed by atoms with Crippen LogP contribution in [0.15, 0.2) is 0 Å². The van der Waals surface area contributed by atoms with Gasteiger partial charge in [0.25, 0.3) is 0 Å². The molecule has 1 heterocycles. The molecule has 1 fully saturated rings. The highest BCUT2D eigenvalue weighted by molar-refractivity contribution is 5.97. The minimum atomic E-state index is -0.983. The molecule has 1 aliphatic heterocycles. The molecule has 680 valence electrons. The summed E-state index contributed by atoms with van der Waals surface area (Å²) in [7, 11) is 0. The Morgan fingerprint density at radius 1 is 0.207 bits per heavy atom. The van der Waals surface area contributed by atoms with Crippen LogP contribution in [0.5, 0.6) is 0 Å². The second-order valence-electron chi connectivity index (χ2n) is 34.4. The van der Waals surface area contributed by atoms with Gasteiger partial charge in [-0.25, -0.2) is 0 Å². The minimum absolute atomic E-state index is 0.00353. The molecule has 0 aliphatic carbocycles. The zero-order chi connectivity index (χ0) is 84.0. The van der Waals surface area contributed by atoms with Gasteiger partial charge in [-0.1, -0.05) is 413 Å². The van der Waals surface area contributed by atoms with Gasteiger partial charge in [0.2, 0.25) is 11.8 Å². The van der Waals surface area contributed by atoms with Crippen molar-refractivity contribution in [2.75, 3.05) is 78.9 Å². The highest BCUT2D eigenvalue weighted by atomic mass is 16.6. The van der Waals surface area contributed by atoms with E-state index in [0.717, 1.165) is 77.0 Å². The lowest BCUT2D eigenvalue weighted by molar-refractivity contribution is -0.148. The van der Waals surface area contributed by atoms with Gasteiger partial charge in [-0.3, -0.25) is 48.2 Å². The SMILES string of the molecule is CCCCCCCCCCCCCCCCCCOC(=O)CCN(CCOC(=O)CCC1NC(=O)C(CCC(=O)OCCN(CCC(=O)OCCCCCCCCCCCCCCCCCC)CCC(=O)OCCCCCCCCCCCCCCCCCC)NC1=O)CCC(=O)OCCCCCCCCCCCCCCCCCC. The van der Waals surface area contributed by atoms with Crippen LogP contribution in [0.4, 0.5) is 0 Å². The predicted octanol–water partition coefficient (Wildman–Crippen LogP) is 25.0. The normalized spacial score (nSPS) is 13.5. The van der Waals surface area contributed by atoms with E-state index < -0.39 is 35.8 Å². The fraction of sp³-hybridized carbons (Fsp3) is 0.918. The molecule has 18 heteroatoms. The van der Waals surface area contributed by atoms with Gasteiger partial charge in [-0.15, -0.1) is 0 Å². The van der Waals surface area contributed by atoms with Crippen molar-refractivity contribution in [2.45, 2.75) is 502 Å². The molecular weight excluding hydrogens is 1460 g/mol. The Hall–Kier alpha value is -4.32. The van der Waals surface area contributed by atoms with Crippen LogP contribution >= 0.6 is 0 Å². The quantitative estimate of drug-likeness (QED) is 0.0328. The van der Waals surface area contributed by atoms with Gasteiger partial charge >= 0.3 is 35.8 Å². The first-order valence-electron chi connectivity index (χ1n) is 49.9. The number of nitrogens with one attached hydrogen (secondary N) is 2. The molecule has 0 aromatic heterocycles. The van der Waals surface area contributed by atoms with Crippen molar-refractivity contribution in [1.82, 2.24) is 20.4 Å². The van der Waals surface area contributed by atoms with Crippen LogP contribution in [0.2, 0.25) is 0 Å². The lowest BCUT2D eigenvalue weighted by Crippen LogP contribution is -2.61. The highest BCUT2D eigenvalue weighted by Gasteiger charge is 2.34. The molecule has 1 rings (SSSR count). The molecule has 2 atom stereocenters. The molecule has 1 saturated heterocycles. The van der Waals surface area contributed by atoms with E-state index in [4.69, 9.17) is 28.4 Å². The van der Waals surface area contributed by atoms with E-state index >= 15 is 0 Å². The monoisotopic (exact) mass is 1640 g/mol. The van der Waals surface area contributed by atoms with Gasteiger partial charge in [-0.05, 0) is 38.5 Å². The second-order valence-corrected chi connectivity index (χ2v) is 34.4. The lowest BCUT2D eigenvalue weighted by atomic mass is 10.0. The van der Waals surface area contributed by atoms with Gasteiger partial charge < -0.3 is 39.1 Å². The molecule has 1 aliphatic rings. The molecule has 0 saturated carbocycles. The van der Waals surface area contributed by atoms with Gasteiger partial charge in [0, 0.05) is 52.1 Å². The topological polar surface area (TPSA) is 222 Å². The maximum Gasteiger partial charge on any atom is 0.307 e. The summed E-state index contributed by atoms with van der Waals surface area (Å²) in [6.07, 6.45) is 81.5. The van der Waals surface area contributed by atoms with Crippen LogP contribution in [0.25, 0.3) is 0 Å². The fourth-order valence-electron chi connectivity index (χ4n) is 15.6. The predicted molar refractivity (Wildman–Crippen MR) is 478 cm³/mol. The molecule has 0 spiro atoms. The summed E-state index contributed by atoms with van der Waals surface area (Å²) in [4.78, 5) is 108. The van der Waals surface area contributed by atoms with E-state index in [1.807, 2.05) is 9.80 Å². The third-order valence-corrected chi connectivity index (χ3v) is 23.5. The first-order valence-corrected chi connectivity index (χ1v) is 49.9. The number of unbranched alkanes of at least 4 members (excludes halogenated alkanes) is 60. The van der Waals surface area contributed by atoms with Crippen LogP contribution < -0.4 is 10.6 Å². The Labute approximate surface area is 712 Å². The molecule has 2 amide bonds. The maximum atomic E-state index is 13.3. The molecule has 0 radical (unpaired) electrons. The van der Waals surface area contributed by atoms with Gasteiger partial charge in [0.05, 0.1) is 52.1 Å². The van der Waals surface area contributed by atoms with Gasteiger partial charge in [-0.2, -0.15) is 0 Å². The summed E-state index contributed by atoms with van der Waals surface area (Å²) < 4.78 is 33.7. The van der Waals surface area contributed by atoms with Crippen molar-refractivity contribution in [3.8, 4) is 0 Å². The maximum absolute atomic E-state index is 13.3. The van der Waals surface area contributed by atoms with Crippen molar-refractivity contribution >= 4 is 47.6 Å². The number of hydrogen-bond donors (Lipinski definition) is 2. The average Bonchev–Trinajstić information content (AvgIpc) is 0.843. The van der Waals surface area contributed by atoms with Crippen molar-refractivity contribution < 1.29 is 66.8 Å². The molecule has 0 bridgehead atoms. The summed E-state index contributed by atoms with van der Waals surface area (Å²) >= 11 is 0. The van der Waals surface area contributed by atoms with Crippen LogP contribution in [-0.4, -0.2) is 148 Å². The Kier molecular flexibility index (Phi) is 82.3. The molecule has 0 aromatic carbocycles. The molecule has 18 nitrogen and oxygen atoms in total. The van der Waals surface area contributed by atoms with Crippen LogP contribution in [0.3, 0.4) is 0 Å². The number of hydrogen-bond acceptors (Lipinski definition) is 16. The van der Waals surface area contributed by atoms with E-state index in [9.17, 15) is 38.4 Å². The Balaban J connectivity index is 2.62. The number of carbonyl (C=O) groups is 8. The fourth-order valence-corrected chi connectivity index (χ4v) is 15.6. The van der Waals surface area contributed by atoms with Crippen LogP contribution in [-0.2, 0) is 66.8 Å². The largest absolute Gasteiger partial charge is 0.466 e. The summed E-state index contributed by atoms with van der Waals surface area (Å²) in [5.74, 6) is -3.31. The van der Waals surface area contributed by atoms with Gasteiger partial charge in [0.1, 0.15) is 25.3 Å². The van der Waals surface area contributed by atoms with E-state index in [1.165, 1.54) is 334 Å². The number of rotatable bonds is 92. The number of amides is 2. The zero-order valence-electron chi connectivity index (χ0n) is 76.2. The van der Waals surface area contributed by atoms with E-state index in [0.29, 0.717) is 52.6 Å². The summed E-state index contributed by atoms with van der Waals surface area (Å²) in [6.45, 7) is 12.3. The van der Waals surface area contributed by atoms with E-state index in [1.54, 1.807) is 0 Å². The van der Waals surface area contributed by atoms with Crippen LogP contribution in [0, 0.1) is 0 Å². The minimum Gasteiger partial charge on any atom is -0.466 e. The molecule has 0 aromatic rings. The van der Waals surface area contributed by atoms with Crippen molar-refractivity contribution in [1.29, 1.82) is 0 Å². The zero-order valence-corrected chi connectivity index (χ0v) is 76.2. The number of ether oxygens (including phenoxy) is 6. The van der Waals surface area contributed by atoms with Crippen molar-refractivity contribution in [3.05, 3.63) is 0 Å². The van der Waals surface area contributed by atoms with Crippen LogP contribution in [0.1, 0.15) is 490 Å². The Morgan fingerprint density at radius 2 is 0.353 bits per heavy atom. The number of carbonyl (C=O) groups excluding carboxylic acids is 8. The van der Waals surface area contributed by atoms with Crippen molar-refractivity contribution in [2.24, 2.45) is 0 Å².